The van der Waals surface area contributed by atoms with Gasteiger partial charge in [-0.25, -0.2) is 8.78 Å². The first kappa shape index (κ1) is 15.5. The van der Waals surface area contributed by atoms with Crippen molar-refractivity contribution < 1.29 is 22.1 Å². The first-order valence-corrected chi connectivity index (χ1v) is 7.37. The largest absolute Gasteiger partial charge is 0.314 e. The highest BCUT2D eigenvalue weighted by Gasteiger charge is 2.29. The fourth-order valence-electron chi connectivity index (χ4n) is 1.88. The molecule has 0 atom stereocenters. The molecule has 2 N–H and O–H groups in total. The summed E-state index contributed by atoms with van der Waals surface area (Å²) in [6.45, 7) is 1.11. The molecule has 2 rings (SSSR count). The fraction of sp³-hybridized carbons (Fsp3) is 0.400. The Morgan fingerprint density at radius 3 is 2.48 bits per heavy atom. The minimum atomic E-state index is -4.15. The van der Waals surface area contributed by atoms with Crippen molar-refractivity contribution in [2.75, 3.05) is 30.9 Å². The van der Waals surface area contributed by atoms with E-state index in [-0.39, 0.29) is 13.1 Å². The maximum absolute atomic E-state index is 13.7. The summed E-state index contributed by atoms with van der Waals surface area (Å²) in [7, 11) is -4.15. The molecular weight excluding hydrogens is 310 g/mol. The average Bonchev–Trinajstić information content (AvgIpc) is 2.42. The third-order valence-corrected chi connectivity index (χ3v) is 4.38. The monoisotopic (exact) mass is 322 g/mol. The second-order valence-electron chi connectivity index (χ2n) is 4.29. The third kappa shape index (κ3) is 3.43. The number of benzene rings is 1. The van der Waals surface area contributed by atoms with Gasteiger partial charge in [0.1, 0.15) is 5.82 Å². The molecule has 21 heavy (non-hydrogen) atoms. The van der Waals surface area contributed by atoms with Crippen LogP contribution >= 0.6 is 0 Å². The summed E-state index contributed by atoms with van der Waals surface area (Å²) < 4.78 is 53.7. The normalized spacial score (nSPS) is 16.7. The van der Waals surface area contributed by atoms with Crippen molar-refractivity contribution in [2.45, 2.75) is 0 Å². The Kier molecular flexibility index (Phi) is 4.34. The number of nitro benzene ring substituents is 1. The Balaban J connectivity index is 2.36. The van der Waals surface area contributed by atoms with E-state index in [1.165, 1.54) is 0 Å². The Labute approximate surface area is 119 Å². The zero-order valence-corrected chi connectivity index (χ0v) is 11.5. The van der Waals surface area contributed by atoms with Gasteiger partial charge in [-0.1, -0.05) is 0 Å². The summed E-state index contributed by atoms with van der Waals surface area (Å²) in [6, 6.07) is 0.835. The van der Waals surface area contributed by atoms with Crippen molar-refractivity contribution in [3.05, 3.63) is 33.9 Å². The first-order chi connectivity index (χ1) is 9.81. The highest BCUT2D eigenvalue weighted by Crippen LogP contribution is 2.30. The van der Waals surface area contributed by atoms with Crippen LogP contribution in [0.3, 0.4) is 0 Å². The predicted octanol–water partition coefficient (Wildman–Crippen LogP) is 0.435. The van der Waals surface area contributed by atoms with Crippen LogP contribution in [-0.4, -0.2) is 43.8 Å². The van der Waals surface area contributed by atoms with Gasteiger partial charge in [0.15, 0.2) is 11.5 Å². The van der Waals surface area contributed by atoms with Gasteiger partial charge in [-0.2, -0.15) is 12.7 Å². The molecule has 1 fully saturated rings. The van der Waals surface area contributed by atoms with Crippen molar-refractivity contribution in [2.24, 2.45) is 0 Å². The molecule has 1 aromatic carbocycles. The minimum absolute atomic E-state index is 0.145. The minimum Gasteiger partial charge on any atom is -0.314 e. The predicted molar refractivity (Wildman–Crippen MR) is 70.0 cm³/mol. The summed E-state index contributed by atoms with van der Waals surface area (Å²) in [5, 5.41) is 13.7. The van der Waals surface area contributed by atoms with Crippen LogP contribution in [0.4, 0.5) is 20.2 Å². The Bertz CT molecular complexity index is 661. The summed E-state index contributed by atoms with van der Waals surface area (Å²) in [5.41, 5.74) is -1.86. The van der Waals surface area contributed by atoms with Crippen LogP contribution < -0.4 is 10.0 Å². The molecule has 0 unspecified atom stereocenters. The van der Waals surface area contributed by atoms with Gasteiger partial charge in [0.2, 0.25) is 0 Å². The summed E-state index contributed by atoms with van der Waals surface area (Å²) in [4.78, 5) is 9.75. The molecule has 1 aliphatic heterocycles. The van der Waals surface area contributed by atoms with E-state index in [2.05, 4.69) is 5.32 Å². The summed E-state index contributed by atoms with van der Waals surface area (Å²) in [5.74, 6) is -2.51. The van der Waals surface area contributed by atoms with Crippen LogP contribution in [0.2, 0.25) is 0 Å². The van der Waals surface area contributed by atoms with Gasteiger partial charge in [-0.3, -0.25) is 14.8 Å². The maximum Gasteiger partial charge on any atom is 0.302 e. The fourth-order valence-corrected chi connectivity index (χ4v) is 3.14. The van der Waals surface area contributed by atoms with Crippen LogP contribution in [0.15, 0.2) is 12.1 Å². The van der Waals surface area contributed by atoms with E-state index in [4.69, 9.17) is 0 Å². The topological polar surface area (TPSA) is 105 Å². The zero-order chi connectivity index (χ0) is 15.6. The van der Waals surface area contributed by atoms with Crippen LogP contribution in [0, 0.1) is 21.7 Å². The van der Waals surface area contributed by atoms with Gasteiger partial charge in [0.05, 0.1) is 11.0 Å². The number of nitrogens with one attached hydrogen (secondary N) is 2. The van der Waals surface area contributed by atoms with Crippen molar-refractivity contribution in [3.63, 3.8) is 0 Å². The van der Waals surface area contributed by atoms with Crippen molar-refractivity contribution in [3.8, 4) is 0 Å². The Morgan fingerprint density at radius 1 is 1.29 bits per heavy atom. The van der Waals surface area contributed by atoms with Crippen LogP contribution in [-0.2, 0) is 10.2 Å². The van der Waals surface area contributed by atoms with Gasteiger partial charge >= 0.3 is 10.2 Å². The van der Waals surface area contributed by atoms with E-state index in [1.807, 2.05) is 4.72 Å². The van der Waals surface area contributed by atoms with Gasteiger partial charge in [-0.15, -0.1) is 0 Å². The van der Waals surface area contributed by atoms with E-state index in [9.17, 15) is 27.3 Å². The quantitative estimate of drug-likeness (QED) is 0.618. The number of halogens is 2. The lowest BCUT2D eigenvalue weighted by molar-refractivity contribution is -0.384. The average molecular weight is 322 g/mol. The number of hydrogen-bond donors (Lipinski definition) is 2. The van der Waals surface area contributed by atoms with Crippen LogP contribution in [0.1, 0.15) is 0 Å². The number of nitrogens with zero attached hydrogens (tertiary/aromatic N) is 2. The van der Waals surface area contributed by atoms with E-state index >= 15 is 0 Å². The van der Waals surface area contributed by atoms with Crippen LogP contribution in [0.25, 0.3) is 0 Å². The summed E-state index contributed by atoms with van der Waals surface area (Å²) in [6.07, 6.45) is 0. The lowest BCUT2D eigenvalue weighted by Crippen LogP contribution is -2.48. The van der Waals surface area contributed by atoms with Gasteiger partial charge in [0, 0.05) is 32.2 Å². The zero-order valence-electron chi connectivity index (χ0n) is 10.7. The molecule has 116 valence electrons. The molecule has 0 radical (unpaired) electrons. The molecule has 0 amide bonds. The van der Waals surface area contributed by atoms with Crippen molar-refractivity contribution in [1.82, 2.24) is 9.62 Å². The van der Waals surface area contributed by atoms with Crippen molar-refractivity contribution >= 4 is 21.6 Å². The molecule has 1 heterocycles. The molecule has 0 saturated carbocycles. The second kappa shape index (κ2) is 5.87. The lowest BCUT2D eigenvalue weighted by Gasteiger charge is -2.26. The van der Waals surface area contributed by atoms with Crippen molar-refractivity contribution in [1.29, 1.82) is 0 Å². The SMILES string of the molecule is O=[N+]([O-])c1cc(F)cc(F)c1NS(=O)(=O)N1CCNCC1. The molecule has 0 aliphatic carbocycles. The maximum atomic E-state index is 13.7. The van der Waals surface area contributed by atoms with E-state index < -0.39 is 38.1 Å². The third-order valence-electron chi connectivity index (χ3n) is 2.88. The molecule has 11 heteroatoms. The Hall–Kier alpha value is -1.85. The van der Waals surface area contributed by atoms with Crippen LogP contribution in [0.5, 0.6) is 0 Å². The number of nitro groups is 1. The number of piperazine rings is 1. The van der Waals surface area contributed by atoms with Gasteiger partial charge in [0.25, 0.3) is 5.69 Å². The smallest absolute Gasteiger partial charge is 0.302 e. The molecule has 1 aromatic rings. The molecule has 1 aliphatic rings. The molecule has 0 aromatic heterocycles. The van der Waals surface area contributed by atoms with E-state index in [0.29, 0.717) is 25.2 Å². The van der Waals surface area contributed by atoms with Gasteiger partial charge < -0.3 is 5.32 Å². The summed E-state index contributed by atoms with van der Waals surface area (Å²) >= 11 is 0. The number of hydrogen-bond acceptors (Lipinski definition) is 5. The lowest BCUT2D eigenvalue weighted by atomic mass is 10.2. The highest BCUT2D eigenvalue weighted by atomic mass is 32.2. The Morgan fingerprint density at radius 2 is 1.90 bits per heavy atom. The molecule has 0 bridgehead atoms. The van der Waals surface area contributed by atoms with E-state index in [0.717, 1.165) is 4.31 Å². The number of anilines is 1. The standard InChI is InChI=1S/C10H12F2N4O4S/c11-7-5-8(12)10(9(6-7)16(17)18)14-21(19,20)15-3-1-13-2-4-15/h5-6,13-14H,1-4H2. The second-order valence-corrected chi connectivity index (χ2v) is 5.97. The first-order valence-electron chi connectivity index (χ1n) is 5.93. The molecule has 1 saturated heterocycles. The van der Waals surface area contributed by atoms with E-state index in [1.54, 1.807) is 0 Å². The molecule has 0 spiro atoms. The highest BCUT2D eigenvalue weighted by molar-refractivity contribution is 7.90. The van der Waals surface area contributed by atoms with Gasteiger partial charge in [-0.05, 0) is 0 Å². The molecular formula is C10H12F2N4O4S. The molecule has 8 nitrogen and oxygen atoms in total. The number of rotatable bonds is 4.